The smallest absolute Gasteiger partial charge is 0.418 e. The van der Waals surface area contributed by atoms with Crippen LogP contribution in [0.15, 0.2) is 24.5 Å². The number of ether oxygens (including phenoxy) is 1. The van der Waals surface area contributed by atoms with E-state index in [9.17, 15) is 26.7 Å². The molecule has 10 nitrogen and oxygen atoms in total. The van der Waals surface area contributed by atoms with Gasteiger partial charge in [0.2, 0.25) is 6.54 Å². The minimum Gasteiger partial charge on any atom is -0.462 e. The number of alkyl halides is 4. The molecule has 2 N–H and O–H groups in total. The number of hydrogen-bond acceptors (Lipinski definition) is 8. The van der Waals surface area contributed by atoms with Gasteiger partial charge in [-0.2, -0.15) is 23.1 Å². The molecule has 1 aromatic carbocycles. The summed E-state index contributed by atoms with van der Waals surface area (Å²) in [4.78, 5) is 32.8. The van der Waals surface area contributed by atoms with Gasteiger partial charge in [-0.15, -0.1) is 0 Å². The molecule has 2 aliphatic heterocycles. The summed E-state index contributed by atoms with van der Waals surface area (Å²) < 4.78 is 92.8. The zero-order valence-electron chi connectivity index (χ0n) is 25.2. The van der Waals surface area contributed by atoms with Crippen molar-refractivity contribution < 1.29 is 35.9 Å². The molecule has 250 valence electrons. The number of nitrogens with two attached hydrogens (primary N) is 1. The lowest BCUT2D eigenvalue weighted by molar-refractivity contribution is -0.137. The van der Waals surface area contributed by atoms with Crippen molar-refractivity contribution in [2.45, 2.75) is 37.8 Å². The van der Waals surface area contributed by atoms with Gasteiger partial charge in [-0.05, 0) is 38.1 Å². The zero-order valence-corrected chi connectivity index (χ0v) is 26.0. The number of rotatable bonds is 7. The maximum atomic E-state index is 16.6. The number of piperazine rings is 1. The highest BCUT2D eigenvalue weighted by Crippen LogP contribution is 2.44. The number of fused-ring (bicyclic) bond motifs is 1. The highest BCUT2D eigenvalue weighted by molar-refractivity contribution is 6.34. The fourth-order valence-electron chi connectivity index (χ4n) is 6.03. The Morgan fingerprint density at radius 1 is 1.21 bits per heavy atom. The normalized spacial score (nSPS) is 20.5. The molecule has 0 spiro atoms. The Balaban J connectivity index is 1.67. The summed E-state index contributed by atoms with van der Waals surface area (Å²) in [5.41, 5.74) is 2.24. The SMILES string of the molecule is [C-]#[N+]C[C@@H]1CN(c2nc(OC[C@@H]3C[C@@H](F)CN3C)nc3c(F)c(-c4nc(N)cc(C)c4C(F)(F)F)c(Cl)cc23)CCN1C(=O)C(=C)F. The molecular formula is C30H29ClF6N8O2. The molecule has 0 radical (unpaired) electrons. The number of likely N-dealkylation sites (N-methyl/N-ethyl adjacent to an activating group) is 1. The second kappa shape index (κ2) is 13.0. The Morgan fingerprint density at radius 3 is 2.55 bits per heavy atom. The van der Waals surface area contributed by atoms with E-state index in [2.05, 4.69) is 26.4 Å². The highest BCUT2D eigenvalue weighted by Gasteiger charge is 2.39. The third-order valence-electron chi connectivity index (χ3n) is 8.22. The Kier molecular flexibility index (Phi) is 9.43. The van der Waals surface area contributed by atoms with Crippen LogP contribution >= 0.6 is 11.6 Å². The van der Waals surface area contributed by atoms with Gasteiger partial charge in [0.25, 0.3) is 5.91 Å². The number of pyridine rings is 1. The second-order valence-electron chi connectivity index (χ2n) is 11.4. The van der Waals surface area contributed by atoms with Gasteiger partial charge in [-0.3, -0.25) is 9.69 Å². The van der Waals surface area contributed by atoms with Crippen molar-refractivity contribution in [2.75, 3.05) is 57.0 Å². The molecule has 17 heteroatoms. The zero-order chi connectivity index (χ0) is 34.4. The Bertz CT molecular complexity index is 1780. The van der Waals surface area contributed by atoms with Gasteiger partial charge in [0, 0.05) is 37.6 Å². The van der Waals surface area contributed by atoms with Crippen LogP contribution in [0.2, 0.25) is 5.02 Å². The molecule has 1 amide bonds. The van der Waals surface area contributed by atoms with Gasteiger partial charge in [0.1, 0.15) is 36.0 Å². The third-order valence-corrected chi connectivity index (χ3v) is 8.52. The number of carbonyl (C=O) groups is 1. The maximum absolute atomic E-state index is 16.6. The van der Waals surface area contributed by atoms with Gasteiger partial charge in [-0.1, -0.05) is 18.2 Å². The number of amides is 1. The van der Waals surface area contributed by atoms with Crippen molar-refractivity contribution in [1.29, 1.82) is 0 Å². The number of halogens is 7. The topological polar surface area (TPSA) is 105 Å². The van der Waals surface area contributed by atoms with Crippen molar-refractivity contribution in [3.63, 3.8) is 0 Å². The van der Waals surface area contributed by atoms with Gasteiger partial charge < -0.3 is 25.1 Å². The summed E-state index contributed by atoms with van der Waals surface area (Å²) in [6.45, 7) is 11.4. The van der Waals surface area contributed by atoms with Crippen LogP contribution in [0.1, 0.15) is 17.5 Å². The van der Waals surface area contributed by atoms with E-state index in [1.807, 2.05) is 0 Å². The summed E-state index contributed by atoms with van der Waals surface area (Å²) in [5.74, 6) is -3.70. The summed E-state index contributed by atoms with van der Waals surface area (Å²) in [6, 6.07) is 0.657. The quantitative estimate of drug-likeness (QED) is 0.205. The van der Waals surface area contributed by atoms with Crippen molar-refractivity contribution in [3.8, 4) is 17.3 Å². The summed E-state index contributed by atoms with van der Waals surface area (Å²) >= 11 is 6.50. The number of carbonyl (C=O) groups excluding carboxylic acids is 1. The third kappa shape index (κ3) is 6.72. The van der Waals surface area contributed by atoms with Crippen LogP contribution in [0.3, 0.4) is 0 Å². The van der Waals surface area contributed by atoms with Crippen LogP contribution in [-0.2, 0) is 11.0 Å². The van der Waals surface area contributed by atoms with Gasteiger partial charge in [0.05, 0.1) is 21.8 Å². The van der Waals surface area contributed by atoms with Crippen LogP contribution in [-0.4, -0.2) is 95.3 Å². The average Bonchev–Trinajstić information content (AvgIpc) is 3.30. The molecule has 5 rings (SSSR count). The molecule has 2 fully saturated rings. The largest absolute Gasteiger partial charge is 0.462 e. The van der Waals surface area contributed by atoms with Gasteiger partial charge >= 0.3 is 12.2 Å². The van der Waals surface area contributed by atoms with E-state index in [1.54, 1.807) is 16.8 Å². The fourth-order valence-corrected chi connectivity index (χ4v) is 6.31. The minimum absolute atomic E-state index is 0.0177. The van der Waals surface area contributed by atoms with E-state index in [4.69, 9.17) is 28.6 Å². The molecule has 0 unspecified atom stereocenters. The molecule has 0 aliphatic carbocycles. The van der Waals surface area contributed by atoms with E-state index in [0.717, 1.165) is 13.0 Å². The Morgan fingerprint density at radius 2 is 1.94 bits per heavy atom. The van der Waals surface area contributed by atoms with E-state index in [0.29, 0.717) is 0 Å². The first kappa shape index (κ1) is 34.0. The highest BCUT2D eigenvalue weighted by atomic mass is 35.5. The molecule has 0 bridgehead atoms. The molecular weight excluding hydrogens is 654 g/mol. The minimum atomic E-state index is -4.95. The van der Waals surface area contributed by atoms with Gasteiger partial charge in [0.15, 0.2) is 11.6 Å². The number of anilines is 2. The van der Waals surface area contributed by atoms with E-state index in [1.165, 1.54) is 11.0 Å². The number of aromatic nitrogens is 3. The van der Waals surface area contributed by atoms with Crippen LogP contribution in [0.4, 0.5) is 38.0 Å². The van der Waals surface area contributed by atoms with E-state index < -0.39 is 63.3 Å². The number of benzene rings is 1. The number of hydrogen-bond donors (Lipinski definition) is 1. The molecule has 2 saturated heterocycles. The lowest BCUT2D eigenvalue weighted by atomic mass is 9.99. The number of aryl methyl sites for hydroxylation is 1. The lowest BCUT2D eigenvalue weighted by Crippen LogP contribution is -2.56. The summed E-state index contributed by atoms with van der Waals surface area (Å²) in [5, 5.41) is -0.464. The van der Waals surface area contributed by atoms with Crippen molar-refractivity contribution in [1.82, 2.24) is 24.8 Å². The maximum Gasteiger partial charge on any atom is 0.418 e. The summed E-state index contributed by atoms with van der Waals surface area (Å²) in [6.07, 6.45) is -5.86. The fraction of sp³-hybridized carbons (Fsp3) is 0.433. The second-order valence-corrected chi connectivity index (χ2v) is 11.8. The average molecular weight is 683 g/mol. The molecule has 47 heavy (non-hydrogen) atoms. The van der Waals surface area contributed by atoms with E-state index >= 15 is 4.39 Å². The lowest BCUT2D eigenvalue weighted by Gasteiger charge is -2.39. The molecule has 2 aromatic heterocycles. The molecule has 3 atom stereocenters. The van der Waals surface area contributed by atoms with Crippen LogP contribution in [0, 0.1) is 19.3 Å². The summed E-state index contributed by atoms with van der Waals surface area (Å²) in [7, 11) is 1.71. The Hall–Kier alpha value is -4.36. The predicted octanol–water partition coefficient (Wildman–Crippen LogP) is 5.23. The van der Waals surface area contributed by atoms with Crippen LogP contribution in [0.25, 0.3) is 27.0 Å². The van der Waals surface area contributed by atoms with E-state index in [-0.39, 0.29) is 80.4 Å². The number of nitrogen functional groups attached to an aromatic ring is 1. The predicted molar refractivity (Wildman–Crippen MR) is 163 cm³/mol. The monoisotopic (exact) mass is 682 g/mol. The van der Waals surface area contributed by atoms with Crippen LogP contribution in [0.5, 0.6) is 6.01 Å². The van der Waals surface area contributed by atoms with Crippen molar-refractivity contribution in [3.05, 3.63) is 57.9 Å². The van der Waals surface area contributed by atoms with Crippen molar-refractivity contribution in [2.24, 2.45) is 0 Å². The first-order valence-electron chi connectivity index (χ1n) is 14.4. The van der Waals surface area contributed by atoms with Crippen LogP contribution < -0.4 is 15.4 Å². The Labute approximate surface area is 270 Å². The number of nitrogens with zero attached hydrogens (tertiary/aromatic N) is 7. The first-order valence-corrected chi connectivity index (χ1v) is 14.7. The molecule has 4 heterocycles. The van der Waals surface area contributed by atoms with Gasteiger partial charge in [-0.25, -0.2) is 24.7 Å². The van der Waals surface area contributed by atoms with Crippen molar-refractivity contribution >= 4 is 40.0 Å². The number of likely N-dealkylation sites (tertiary alicyclic amines) is 1. The molecule has 3 aromatic rings. The first-order chi connectivity index (χ1) is 22.1. The molecule has 0 saturated carbocycles. The standard InChI is InChI=1S/C30H29ClF6N8O2/c1-14-7-21(38)40-26(23(14)30(35,36)37)22-20(31)9-19-25(24(22)34)41-29(47-13-17-8-16(33)11-43(17)4)42-27(19)44-5-6-45(28(46)15(2)32)18(12-44)10-39-3/h7,9,16-18H,2,5-6,8,10-13H2,1,4H3,(H2,38,40)/t16-,17+,18-/m1/s1. The molecule has 2 aliphatic rings.